The molecule has 0 aromatic carbocycles. The van der Waals surface area contributed by atoms with Crippen LogP contribution < -0.4 is 0 Å². The van der Waals surface area contributed by atoms with Crippen LogP contribution in [-0.2, 0) is 11.3 Å². The third-order valence-corrected chi connectivity index (χ3v) is 3.71. The summed E-state index contributed by atoms with van der Waals surface area (Å²) in [6, 6.07) is 4.40. The van der Waals surface area contributed by atoms with Crippen LogP contribution >= 0.6 is 0 Å². The summed E-state index contributed by atoms with van der Waals surface area (Å²) < 4.78 is 0. The number of nitrogens with zero attached hydrogens (tertiary/aromatic N) is 3. The highest BCUT2D eigenvalue weighted by Crippen LogP contribution is 2.15. The van der Waals surface area contributed by atoms with E-state index in [9.17, 15) is 4.79 Å². The Bertz CT molecular complexity index is 410. The zero-order valence-corrected chi connectivity index (χ0v) is 11.3. The molecule has 0 aliphatic carbocycles. The van der Waals surface area contributed by atoms with Gasteiger partial charge in [-0.1, -0.05) is 0 Å². The summed E-state index contributed by atoms with van der Waals surface area (Å²) in [5.41, 5.74) is 1.26. The van der Waals surface area contributed by atoms with Crippen LogP contribution in [0.3, 0.4) is 0 Å². The number of hydrogen-bond donors (Lipinski definition) is 1. The molecule has 1 unspecified atom stereocenters. The molecule has 1 aliphatic heterocycles. The molecule has 1 aromatic rings. The maximum Gasteiger partial charge on any atom is 0.303 e. The van der Waals surface area contributed by atoms with Gasteiger partial charge in [-0.25, -0.2) is 0 Å². The number of aromatic nitrogens is 1. The van der Waals surface area contributed by atoms with E-state index >= 15 is 0 Å². The summed E-state index contributed by atoms with van der Waals surface area (Å²) in [5, 5.41) is 8.79. The minimum absolute atomic E-state index is 0.248. The molecule has 2 rings (SSSR count). The van der Waals surface area contributed by atoms with Gasteiger partial charge in [0, 0.05) is 51.0 Å². The van der Waals surface area contributed by atoms with Gasteiger partial charge in [0.15, 0.2) is 0 Å². The van der Waals surface area contributed by atoms with E-state index in [1.807, 2.05) is 24.5 Å². The van der Waals surface area contributed by atoms with Crippen LogP contribution in [0.25, 0.3) is 0 Å². The Morgan fingerprint density at radius 3 is 2.84 bits per heavy atom. The van der Waals surface area contributed by atoms with Crippen LogP contribution in [0.15, 0.2) is 24.5 Å². The summed E-state index contributed by atoms with van der Waals surface area (Å²) in [6.07, 6.45) is 4.59. The highest BCUT2D eigenvalue weighted by atomic mass is 16.4. The second-order valence-electron chi connectivity index (χ2n) is 5.16. The first kappa shape index (κ1) is 14.0. The number of piperazine rings is 1. The maximum atomic E-state index is 10.7. The molecule has 1 atom stereocenters. The predicted molar refractivity (Wildman–Crippen MR) is 72.8 cm³/mol. The molecule has 2 heterocycles. The van der Waals surface area contributed by atoms with Crippen molar-refractivity contribution in [1.82, 2.24) is 14.8 Å². The van der Waals surface area contributed by atoms with E-state index in [0.717, 1.165) is 32.6 Å². The lowest BCUT2D eigenvalue weighted by Crippen LogP contribution is -2.51. The van der Waals surface area contributed by atoms with E-state index in [0.29, 0.717) is 6.04 Å². The molecule has 1 aromatic heterocycles. The van der Waals surface area contributed by atoms with E-state index in [1.54, 1.807) is 0 Å². The van der Waals surface area contributed by atoms with Crippen molar-refractivity contribution in [1.29, 1.82) is 0 Å². The van der Waals surface area contributed by atoms with Gasteiger partial charge >= 0.3 is 5.97 Å². The minimum Gasteiger partial charge on any atom is -0.481 e. The summed E-state index contributed by atoms with van der Waals surface area (Å²) in [4.78, 5) is 19.4. The molecule has 0 spiro atoms. The van der Waals surface area contributed by atoms with Crippen molar-refractivity contribution in [2.24, 2.45) is 0 Å². The van der Waals surface area contributed by atoms with Crippen LogP contribution in [0.4, 0.5) is 0 Å². The number of aliphatic carboxylic acids is 1. The SMILES string of the molecule is CN1CCN(Cc2ccncc2)CC1CCC(=O)O. The van der Waals surface area contributed by atoms with E-state index in [2.05, 4.69) is 21.8 Å². The molecule has 5 heteroatoms. The molecular weight excluding hydrogens is 242 g/mol. The van der Waals surface area contributed by atoms with Crippen molar-refractivity contribution in [3.8, 4) is 0 Å². The van der Waals surface area contributed by atoms with Crippen molar-refractivity contribution in [3.63, 3.8) is 0 Å². The van der Waals surface area contributed by atoms with Gasteiger partial charge in [-0.05, 0) is 31.2 Å². The zero-order chi connectivity index (χ0) is 13.7. The third-order valence-electron chi connectivity index (χ3n) is 3.71. The standard InChI is InChI=1S/C14H21N3O2/c1-16-8-9-17(10-12-4-6-15-7-5-12)11-13(16)2-3-14(18)19/h4-7,13H,2-3,8-11H2,1H3,(H,18,19). The molecule has 0 amide bonds. The van der Waals surface area contributed by atoms with Crippen LogP contribution in [0.2, 0.25) is 0 Å². The number of carboxylic acids is 1. The average Bonchev–Trinajstić information content (AvgIpc) is 2.40. The lowest BCUT2D eigenvalue weighted by atomic mass is 10.1. The number of carbonyl (C=O) groups is 1. The first-order valence-electron chi connectivity index (χ1n) is 6.68. The van der Waals surface area contributed by atoms with Gasteiger partial charge in [0.25, 0.3) is 0 Å². The molecule has 19 heavy (non-hydrogen) atoms. The maximum absolute atomic E-state index is 10.7. The van der Waals surface area contributed by atoms with Gasteiger partial charge < -0.3 is 10.0 Å². The third kappa shape index (κ3) is 4.29. The van der Waals surface area contributed by atoms with Crippen molar-refractivity contribution in [3.05, 3.63) is 30.1 Å². The molecule has 0 saturated carbocycles. The van der Waals surface area contributed by atoms with Crippen LogP contribution in [0.1, 0.15) is 18.4 Å². The first-order valence-corrected chi connectivity index (χ1v) is 6.68. The fourth-order valence-electron chi connectivity index (χ4n) is 2.50. The Morgan fingerprint density at radius 1 is 1.42 bits per heavy atom. The molecule has 1 aliphatic rings. The van der Waals surface area contributed by atoms with E-state index in [1.165, 1.54) is 5.56 Å². The number of rotatable bonds is 5. The average molecular weight is 263 g/mol. The number of pyridine rings is 1. The topological polar surface area (TPSA) is 56.7 Å². The molecule has 104 valence electrons. The van der Waals surface area contributed by atoms with Crippen molar-refractivity contribution in [2.75, 3.05) is 26.7 Å². The molecule has 1 fully saturated rings. The zero-order valence-electron chi connectivity index (χ0n) is 11.3. The van der Waals surface area contributed by atoms with Crippen LogP contribution in [0, 0.1) is 0 Å². The Labute approximate surface area is 113 Å². The second-order valence-corrected chi connectivity index (χ2v) is 5.16. The predicted octanol–water partition coefficient (Wildman–Crippen LogP) is 1.06. The second kappa shape index (κ2) is 6.63. The normalized spacial score (nSPS) is 21.4. The highest BCUT2D eigenvalue weighted by molar-refractivity contribution is 5.66. The summed E-state index contributed by atoms with van der Waals surface area (Å²) in [6.45, 7) is 3.88. The molecule has 1 N–H and O–H groups in total. The molecule has 1 saturated heterocycles. The van der Waals surface area contributed by atoms with Gasteiger partial charge in [0.05, 0.1) is 0 Å². The van der Waals surface area contributed by atoms with Crippen molar-refractivity contribution < 1.29 is 9.90 Å². The smallest absolute Gasteiger partial charge is 0.303 e. The Hall–Kier alpha value is -1.46. The molecule has 0 bridgehead atoms. The van der Waals surface area contributed by atoms with Crippen molar-refractivity contribution >= 4 is 5.97 Å². The number of hydrogen-bond acceptors (Lipinski definition) is 4. The molecular formula is C14H21N3O2. The monoisotopic (exact) mass is 263 g/mol. The lowest BCUT2D eigenvalue weighted by Gasteiger charge is -2.39. The summed E-state index contributed by atoms with van der Waals surface area (Å²) in [7, 11) is 2.08. The van der Waals surface area contributed by atoms with E-state index in [4.69, 9.17) is 5.11 Å². The summed E-state index contributed by atoms with van der Waals surface area (Å²) >= 11 is 0. The van der Waals surface area contributed by atoms with E-state index in [-0.39, 0.29) is 6.42 Å². The Balaban J connectivity index is 1.88. The van der Waals surface area contributed by atoms with Crippen LogP contribution in [-0.4, -0.2) is 58.6 Å². The largest absolute Gasteiger partial charge is 0.481 e. The van der Waals surface area contributed by atoms with Gasteiger partial charge in [0.1, 0.15) is 0 Å². The first-order chi connectivity index (χ1) is 9.15. The van der Waals surface area contributed by atoms with E-state index < -0.39 is 5.97 Å². The fourth-order valence-corrected chi connectivity index (χ4v) is 2.50. The van der Waals surface area contributed by atoms with Gasteiger partial charge in [-0.3, -0.25) is 14.7 Å². The number of likely N-dealkylation sites (N-methyl/N-ethyl adjacent to an activating group) is 1. The quantitative estimate of drug-likeness (QED) is 0.861. The Kier molecular flexibility index (Phi) is 4.87. The number of carboxylic acid groups (broad SMARTS) is 1. The van der Waals surface area contributed by atoms with Crippen LogP contribution in [0.5, 0.6) is 0 Å². The fraction of sp³-hybridized carbons (Fsp3) is 0.571. The minimum atomic E-state index is -0.709. The lowest BCUT2D eigenvalue weighted by molar-refractivity contribution is -0.137. The summed E-state index contributed by atoms with van der Waals surface area (Å²) in [5.74, 6) is -0.709. The van der Waals surface area contributed by atoms with Gasteiger partial charge in [0.2, 0.25) is 0 Å². The van der Waals surface area contributed by atoms with Crippen molar-refractivity contribution in [2.45, 2.75) is 25.4 Å². The molecule has 5 nitrogen and oxygen atoms in total. The Morgan fingerprint density at radius 2 is 2.16 bits per heavy atom. The van der Waals surface area contributed by atoms with Gasteiger partial charge in [-0.2, -0.15) is 0 Å². The molecule has 0 radical (unpaired) electrons. The highest BCUT2D eigenvalue weighted by Gasteiger charge is 2.24. The van der Waals surface area contributed by atoms with Gasteiger partial charge in [-0.15, -0.1) is 0 Å².